The molecule has 2 aromatic rings. The molecule has 0 aromatic heterocycles. The van der Waals surface area contributed by atoms with Crippen molar-refractivity contribution in [1.29, 1.82) is 0 Å². The number of amidine groups is 1. The van der Waals surface area contributed by atoms with Crippen LogP contribution in [0.5, 0.6) is 0 Å². The molecule has 25 heavy (non-hydrogen) atoms. The Balaban J connectivity index is 2.21. The van der Waals surface area contributed by atoms with Crippen LogP contribution < -0.4 is 5.73 Å². The van der Waals surface area contributed by atoms with Crippen LogP contribution in [0.1, 0.15) is 11.1 Å². The summed E-state index contributed by atoms with van der Waals surface area (Å²) in [4.78, 5) is 14.5. The fourth-order valence-electron chi connectivity index (χ4n) is 2.65. The van der Waals surface area contributed by atoms with E-state index >= 15 is 0 Å². The Hall–Kier alpha value is -2.86. The van der Waals surface area contributed by atoms with Gasteiger partial charge in [0.1, 0.15) is 5.92 Å². The minimum atomic E-state index is -0.789. The van der Waals surface area contributed by atoms with Gasteiger partial charge in [-0.25, -0.2) is 0 Å². The van der Waals surface area contributed by atoms with Gasteiger partial charge in [0, 0.05) is 13.1 Å². The number of carbonyl (C=O) groups excluding carboxylic acids is 1. The number of aliphatic hydroxyl groups is 1. The monoisotopic (exact) mass is 341 g/mol. The molecule has 0 radical (unpaired) electrons. The number of amides is 1. The molecule has 1 atom stereocenters. The Kier molecular flexibility index (Phi) is 6.98. The third kappa shape index (κ3) is 5.32. The molecule has 4 N–H and O–H groups in total. The van der Waals surface area contributed by atoms with Gasteiger partial charge in [0.25, 0.3) is 0 Å². The van der Waals surface area contributed by atoms with E-state index in [1.165, 1.54) is 4.90 Å². The van der Waals surface area contributed by atoms with Crippen LogP contribution in [0.25, 0.3) is 0 Å². The van der Waals surface area contributed by atoms with E-state index in [1.54, 1.807) is 0 Å². The van der Waals surface area contributed by atoms with Gasteiger partial charge >= 0.3 is 0 Å². The quantitative estimate of drug-likeness (QED) is 0.294. The molecule has 0 spiro atoms. The lowest BCUT2D eigenvalue weighted by molar-refractivity contribution is -0.134. The number of benzene rings is 2. The maximum Gasteiger partial charge on any atom is 0.234 e. The van der Waals surface area contributed by atoms with Gasteiger partial charge in [-0.15, -0.1) is 0 Å². The van der Waals surface area contributed by atoms with Gasteiger partial charge in [-0.2, -0.15) is 0 Å². The normalized spacial score (nSPS) is 12.6. The Morgan fingerprint density at radius 3 is 2.12 bits per heavy atom. The van der Waals surface area contributed by atoms with Crippen LogP contribution in [0.3, 0.4) is 0 Å². The summed E-state index contributed by atoms with van der Waals surface area (Å²) in [7, 11) is 0. The topological polar surface area (TPSA) is 99.2 Å². The number of rotatable bonds is 8. The maximum atomic E-state index is 13.0. The summed E-state index contributed by atoms with van der Waals surface area (Å²) < 4.78 is 0. The molecule has 0 aliphatic carbocycles. The molecule has 6 nitrogen and oxygen atoms in total. The minimum Gasteiger partial charge on any atom is -0.409 e. The van der Waals surface area contributed by atoms with Gasteiger partial charge < -0.3 is 20.9 Å². The number of oxime groups is 1. The lowest BCUT2D eigenvalue weighted by Gasteiger charge is -2.26. The standard InChI is InChI=1S/C19H23N3O3/c20-18(21-25)17(13-15-7-3-1-4-8-15)19(24)22(11-12-23)14-16-9-5-2-6-10-16/h1-10,17,23,25H,11-14H2,(H2,20,21). The summed E-state index contributed by atoms with van der Waals surface area (Å²) in [6.45, 7) is 0.370. The lowest BCUT2D eigenvalue weighted by Crippen LogP contribution is -2.43. The number of carbonyl (C=O) groups is 1. The van der Waals surface area contributed by atoms with E-state index in [-0.39, 0.29) is 24.9 Å². The summed E-state index contributed by atoms with van der Waals surface area (Å²) in [6, 6.07) is 18.9. The number of nitrogens with zero attached hydrogens (tertiary/aromatic N) is 2. The van der Waals surface area contributed by atoms with Crippen LogP contribution in [0.4, 0.5) is 0 Å². The molecular weight excluding hydrogens is 318 g/mol. The molecule has 0 aliphatic heterocycles. The van der Waals surface area contributed by atoms with Crippen LogP contribution in [-0.4, -0.2) is 40.1 Å². The van der Waals surface area contributed by atoms with E-state index in [4.69, 9.17) is 10.9 Å². The van der Waals surface area contributed by atoms with Crippen molar-refractivity contribution in [3.8, 4) is 0 Å². The summed E-state index contributed by atoms with van der Waals surface area (Å²) in [6.07, 6.45) is 0.326. The average molecular weight is 341 g/mol. The molecule has 1 unspecified atom stereocenters. The van der Waals surface area contributed by atoms with Crippen molar-refractivity contribution in [1.82, 2.24) is 4.90 Å². The molecule has 0 aliphatic rings. The van der Waals surface area contributed by atoms with Crippen LogP contribution in [0.15, 0.2) is 65.8 Å². The predicted octanol–water partition coefficient (Wildman–Crippen LogP) is 1.61. The first-order valence-corrected chi connectivity index (χ1v) is 8.10. The van der Waals surface area contributed by atoms with E-state index in [2.05, 4.69) is 5.16 Å². The summed E-state index contributed by atoms with van der Waals surface area (Å²) >= 11 is 0. The molecule has 0 fully saturated rings. The van der Waals surface area contributed by atoms with Gasteiger partial charge in [0.2, 0.25) is 5.91 Å². The minimum absolute atomic E-state index is 0.134. The maximum absolute atomic E-state index is 13.0. The lowest BCUT2D eigenvalue weighted by atomic mass is 9.96. The Labute approximate surface area is 147 Å². The van der Waals surface area contributed by atoms with Gasteiger partial charge in [-0.1, -0.05) is 65.8 Å². The zero-order valence-electron chi connectivity index (χ0n) is 14.0. The van der Waals surface area contributed by atoms with E-state index in [9.17, 15) is 9.90 Å². The summed E-state index contributed by atoms with van der Waals surface area (Å²) in [5.74, 6) is -1.20. The fraction of sp³-hybridized carbons (Fsp3) is 0.263. The molecule has 2 rings (SSSR count). The highest BCUT2D eigenvalue weighted by Gasteiger charge is 2.28. The second-order valence-corrected chi connectivity index (χ2v) is 5.74. The van der Waals surface area contributed by atoms with Gasteiger partial charge in [-0.05, 0) is 17.5 Å². The average Bonchev–Trinajstić information content (AvgIpc) is 2.66. The van der Waals surface area contributed by atoms with Crippen molar-refractivity contribution in [2.45, 2.75) is 13.0 Å². The number of aliphatic hydroxyl groups excluding tert-OH is 1. The molecule has 0 bridgehead atoms. The van der Waals surface area contributed by atoms with Crippen molar-refractivity contribution in [2.24, 2.45) is 16.8 Å². The van der Waals surface area contributed by atoms with Crippen molar-refractivity contribution >= 4 is 11.7 Å². The molecule has 132 valence electrons. The summed E-state index contributed by atoms with van der Waals surface area (Å²) in [5.41, 5.74) is 7.64. The van der Waals surface area contributed by atoms with E-state index < -0.39 is 5.92 Å². The van der Waals surface area contributed by atoms with E-state index in [1.807, 2.05) is 60.7 Å². The fourth-order valence-corrected chi connectivity index (χ4v) is 2.65. The molecule has 2 aromatic carbocycles. The van der Waals surface area contributed by atoms with Crippen LogP contribution in [0, 0.1) is 5.92 Å². The van der Waals surface area contributed by atoms with Crippen molar-refractivity contribution in [3.05, 3.63) is 71.8 Å². The first-order valence-electron chi connectivity index (χ1n) is 8.10. The van der Waals surface area contributed by atoms with Gasteiger partial charge in [-0.3, -0.25) is 4.79 Å². The van der Waals surface area contributed by atoms with Crippen LogP contribution in [0.2, 0.25) is 0 Å². The van der Waals surface area contributed by atoms with E-state index in [0.717, 1.165) is 11.1 Å². The third-order valence-corrected chi connectivity index (χ3v) is 3.95. The van der Waals surface area contributed by atoms with Gasteiger partial charge in [0.15, 0.2) is 5.84 Å². The summed E-state index contributed by atoms with van der Waals surface area (Å²) in [5, 5.41) is 21.4. The number of hydrogen-bond donors (Lipinski definition) is 3. The second-order valence-electron chi connectivity index (χ2n) is 5.74. The molecular formula is C19H23N3O3. The van der Waals surface area contributed by atoms with Gasteiger partial charge in [0.05, 0.1) is 6.61 Å². The first-order chi connectivity index (χ1) is 12.2. The molecule has 1 amide bonds. The number of nitrogens with two attached hydrogens (primary N) is 1. The highest BCUT2D eigenvalue weighted by Crippen LogP contribution is 2.15. The molecule has 6 heteroatoms. The second kappa shape index (κ2) is 9.44. The Morgan fingerprint density at radius 1 is 1.04 bits per heavy atom. The molecule has 0 saturated heterocycles. The smallest absolute Gasteiger partial charge is 0.234 e. The predicted molar refractivity (Wildman–Crippen MR) is 96.0 cm³/mol. The third-order valence-electron chi connectivity index (χ3n) is 3.95. The van der Waals surface area contributed by atoms with Crippen molar-refractivity contribution < 1.29 is 15.1 Å². The largest absolute Gasteiger partial charge is 0.409 e. The van der Waals surface area contributed by atoms with E-state index in [0.29, 0.717) is 13.0 Å². The van der Waals surface area contributed by atoms with Crippen LogP contribution in [-0.2, 0) is 17.8 Å². The highest BCUT2D eigenvalue weighted by molar-refractivity contribution is 6.02. The number of hydrogen-bond acceptors (Lipinski definition) is 4. The molecule has 0 heterocycles. The Morgan fingerprint density at radius 2 is 1.60 bits per heavy atom. The first kappa shape index (κ1) is 18.5. The Bertz CT molecular complexity index is 690. The zero-order valence-corrected chi connectivity index (χ0v) is 14.0. The SMILES string of the molecule is N/C(=N/O)C(Cc1ccccc1)C(=O)N(CCO)Cc1ccccc1. The van der Waals surface area contributed by atoms with Crippen molar-refractivity contribution in [2.75, 3.05) is 13.2 Å². The van der Waals surface area contributed by atoms with Crippen LogP contribution >= 0.6 is 0 Å². The van der Waals surface area contributed by atoms with Crippen molar-refractivity contribution in [3.63, 3.8) is 0 Å². The highest BCUT2D eigenvalue weighted by atomic mass is 16.4. The zero-order chi connectivity index (χ0) is 18.1. The molecule has 0 saturated carbocycles.